The van der Waals surface area contributed by atoms with Gasteiger partial charge in [0, 0.05) is 29.3 Å². The lowest BCUT2D eigenvalue weighted by Gasteiger charge is -2.07. The van der Waals surface area contributed by atoms with Gasteiger partial charge in [-0.1, -0.05) is 42.5 Å². The number of nitro groups is 1. The maximum Gasteiger partial charge on any atom is 0.269 e. The monoisotopic (exact) mass is 382 g/mol. The van der Waals surface area contributed by atoms with Gasteiger partial charge >= 0.3 is 0 Å². The van der Waals surface area contributed by atoms with Crippen LogP contribution in [0.3, 0.4) is 0 Å². The molecule has 0 N–H and O–H groups in total. The van der Waals surface area contributed by atoms with Gasteiger partial charge in [0.2, 0.25) is 0 Å². The summed E-state index contributed by atoms with van der Waals surface area (Å²) in [6.07, 6.45) is 2.80. The Labute approximate surface area is 167 Å². The minimum absolute atomic E-state index is 0.0411. The van der Waals surface area contributed by atoms with Gasteiger partial charge < -0.3 is 0 Å². The molecule has 1 fully saturated rings. The largest absolute Gasteiger partial charge is 0.283 e. The lowest BCUT2D eigenvalue weighted by Crippen LogP contribution is -2.10. The number of carbonyl (C=O) groups excluding carboxylic acids is 1. The number of aromatic nitrogens is 1. The second-order valence-electron chi connectivity index (χ2n) is 7.47. The van der Waals surface area contributed by atoms with E-state index in [4.69, 9.17) is 0 Å². The SMILES string of the molecule is O=C(c1cccc([C@H]2C[C@H]2c2ccc([N+](=O)[O-])cc2)c1)n1ccc2ccccc21. The molecule has 1 aromatic heterocycles. The molecule has 0 spiro atoms. The van der Waals surface area contributed by atoms with E-state index in [1.165, 1.54) is 0 Å². The van der Waals surface area contributed by atoms with Gasteiger partial charge in [-0.25, -0.2) is 0 Å². The van der Waals surface area contributed by atoms with Gasteiger partial charge in [-0.15, -0.1) is 0 Å². The van der Waals surface area contributed by atoms with Crippen molar-refractivity contribution in [3.05, 3.63) is 112 Å². The third-order valence-electron chi connectivity index (χ3n) is 5.70. The Morgan fingerprint density at radius 1 is 0.897 bits per heavy atom. The van der Waals surface area contributed by atoms with Crippen LogP contribution in [0.1, 0.15) is 39.7 Å². The van der Waals surface area contributed by atoms with Crippen LogP contribution in [0.5, 0.6) is 0 Å². The van der Waals surface area contributed by atoms with E-state index < -0.39 is 0 Å². The number of benzene rings is 3. The van der Waals surface area contributed by atoms with Crippen molar-refractivity contribution in [3.63, 3.8) is 0 Å². The van der Waals surface area contributed by atoms with E-state index in [0.29, 0.717) is 17.4 Å². The van der Waals surface area contributed by atoms with Gasteiger partial charge in [0.1, 0.15) is 0 Å². The summed E-state index contributed by atoms with van der Waals surface area (Å²) in [6.45, 7) is 0. The zero-order valence-corrected chi connectivity index (χ0v) is 15.6. The first-order valence-electron chi connectivity index (χ1n) is 9.57. The van der Waals surface area contributed by atoms with Crippen molar-refractivity contribution < 1.29 is 9.72 Å². The highest BCUT2D eigenvalue weighted by atomic mass is 16.6. The summed E-state index contributed by atoms with van der Waals surface area (Å²) < 4.78 is 1.69. The minimum atomic E-state index is -0.381. The summed E-state index contributed by atoms with van der Waals surface area (Å²) in [5, 5.41) is 11.9. The zero-order chi connectivity index (χ0) is 20.0. The van der Waals surface area contributed by atoms with E-state index in [-0.39, 0.29) is 16.5 Å². The van der Waals surface area contributed by atoms with Gasteiger partial charge in [0.05, 0.1) is 10.4 Å². The van der Waals surface area contributed by atoms with Gasteiger partial charge in [0.25, 0.3) is 11.6 Å². The van der Waals surface area contributed by atoms with Crippen LogP contribution >= 0.6 is 0 Å². The molecule has 142 valence electrons. The number of fused-ring (bicyclic) bond motifs is 1. The summed E-state index contributed by atoms with van der Waals surface area (Å²) in [7, 11) is 0. The average Bonchev–Trinajstić information content (AvgIpc) is 3.45. The van der Waals surface area contributed by atoms with E-state index in [2.05, 4.69) is 6.07 Å². The quantitative estimate of drug-likeness (QED) is 0.345. The summed E-state index contributed by atoms with van der Waals surface area (Å²) >= 11 is 0. The zero-order valence-electron chi connectivity index (χ0n) is 15.6. The molecule has 1 saturated carbocycles. The number of rotatable bonds is 4. The van der Waals surface area contributed by atoms with Crippen molar-refractivity contribution in [3.8, 4) is 0 Å². The summed E-state index contributed by atoms with van der Waals surface area (Å²) in [5.74, 6) is 0.639. The molecule has 0 bridgehead atoms. The Morgan fingerprint density at radius 3 is 2.45 bits per heavy atom. The Kier molecular flexibility index (Phi) is 4.02. The number of non-ortho nitro benzene ring substituents is 1. The molecule has 0 saturated heterocycles. The average molecular weight is 382 g/mol. The Hall–Kier alpha value is -3.73. The number of hydrogen-bond acceptors (Lipinski definition) is 3. The van der Waals surface area contributed by atoms with Crippen molar-refractivity contribution in [1.82, 2.24) is 4.57 Å². The third-order valence-corrected chi connectivity index (χ3v) is 5.70. The van der Waals surface area contributed by atoms with Crippen LogP contribution in [0, 0.1) is 10.1 Å². The maximum atomic E-state index is 13.1. The number of hydrogen-bond donors (Lipinski definition) is 0. The molecule has 0 radical (unpaired) electrons. The van der Waals surface area contributed by atoms with Crippen molar-refractivity contribution in [2.45, 2.75) is 18.3 Å². The van der Waals surface area contributed by atoms with Crippen LogP contribution in [-0.4, -0.2) is 15.4 Å². The molecule has 29 heavy (non-hydrogen) atoms. The predicted molar refractivity (Wildman–Crippen MR) is 111 cm³/mol. The fraction of sp³-hybridized carbons (Fsp3) is 0.125. The van der Waals surface area contributed by atoms with Gasteiger partial charge in [-0.3, -0.25) is 19.5 Å². The molecule has 0 amide bonds. The molecular weight excluding hydrogens is 364 g/mol. The topological polar surface area (TPSA) is 65.1 Å². The molecule has 5 nitrogen and oxygen atoms in total. The van der Waals surface area contributed by atoms with Crippen molar-refractivity contribution in [2.24, 2.45) is 0 Å². The predicted octanol–water partition coefficient (Wildman–Crippen LogP) is 5.51. The Balaban J connectivity index is 1.39. The van der Waals surface area contributed by atoms with Crippen molar-refractivity contribution in [1.29, 1.82) is 0 Å². The van der Waals surface area contributed by atoms with Crippen molar-refractivity contribution >= 4 is 22.5 Å². The highest BCUT2D eigenvalue weighted by Crippen LogP contribution is 2.54. The van der Waals surface area contributed by atoms with Crippen molar-refractivity contribution in [2.75, 3.05) is 0 Å². The number of nitrogens with zero attached hydrogens (tertiary/aromatic N) is 2. The number of para-hydroxylation sites is 1. The summed E-state index contributed by atoms with van der Waals surface area (Å²) in [5.41, 5.74) is 3.91. The molecule has 0 unspecified atom stereocenters. The molecule has 5 heteroatoms. The fourth-order valence-electron chi connectivity index (χ4n) is 4.08. The van der Waals surface area contributed by atoms with Gasteiger partial charge in [-0.2, -0.15) is 0 Å². The molecule has 3 aromatic carbocycles. The van der Waals surface area contributed by atoms with E-state index in [1.54, 1.807) is 16.7 Å². The lowest BCUT2D eigenvalue weighted by atomic mass is 10.0. The van der Waals surface area contributed by atoms with Crippen LogP contribution in [0.4, 0.5) is 5.69 Å². The van der Waals surface area contributed by atoms with Gasteiger partial charge in [0.15, 0.2) is 0 Å². The molecule has 1 aliphatic rings. The van der Waals surface area contributed by atoms with E-state index >= 15 is 0 Å². The van der Waals surface area contributed by atoms with Gasteiger partial charge in [-0.05, 0) is 53.6 Å². The molecule has 1 aliphatic carbocycles. The summed E-state index contributed by atoms with van der Waals surface area (Å²) in [4.78, 5) is 23.5. The first-order valence-corrected chi connectivity index (χ1v) is 9.57. The fourth-order valence-corrected chi connectivity index (χ4v) is 4.08. The van der Waals surface area contributed by atoms with E-state index in [0.717, 1.165) is 28.5 Å². The highest BCUT2D eigenvalue weighted by Gasteiger charge is 2.39. The molecular formula is C24H18N2O3. The second-order valence-corrected chi connectivity index (χ2v) is 7.47. The third kappa shape index (κ3) is 3.10. The Morgan fingerprint density at radius 2 is 1.66 bits per heavy atom. The molecule has 1 heterocycles. The molecule has 4 aromatic rings. The normalized spacial score (nSPS) is 17.9. The minimum Gasteiger partial charge on any atom is -0.283 e. The highest BCUT2D eigenvalue weighted by molar-refractivity contribution is 6.02. The van der Waals surface area contributed by atoms with Crippen LogP contribution in [0.2, 0.25) is 0 Å². The first-order chi connectivity index (χ1) is 14.1. The number of carbonyl (C=O) groups is 1. The smallest absolute Gasteiger partial charge is 0.269 e. The Bertz CT molecular complexity index is 1240. The number of nitro benzene ring substituents is 1. The molecule has 0 aliphatic heterocycles. The second kappa shape index (κ2) is 6.71. The van der Waals surface area contributed by atoms with E-state index in [1.807, 2.05) is 66.9 Å². The molecule has 2 atom stereocenters. The van der Waals surface area contributed by atoms with Crippen LogP contribution in [-0.2, 0) is 0 Å². The summed E-state index contributed by atoms with van der Waals surface area (Å²) in [6, 6.07) is 24.4. The van der Waals surface area contributed by atoms with E-state index in [9.17, 15) is 14.9 Å². The maximum absolute atomic E-state index is 13.1. The van der Waals surface area contributed by atoms with Crippen LogP contribution in [0.25, 0.3) is 10.9 Å². The first kappa shape index (κ1) is 17.4. The lowest BCUT2D eigenvalue weighted by molar-refractivity contribution is -0.384. The molecule has 5 rings (SSSR count). The standard InChI is InChI=1S/C24H18N2O3/c27-24(25-13-12-17-4-1-2-7-23(17)25)19-6-3-5-18(14-19)22-15-21(22)16-8-10-20(11-9-16)26(28)29/h1-14,21-22H,15H2/t21-,22+/m0/s1. The van der Waals surface area contributed by atoms with Crippen LogP contribution in [0.15, 0.2) is 85.1 Å². The van der Waals surface area contributed by atoms with Crippen LogP contribution < -0.4 is 0 Å².